The maximum Gasteiger partial charge on any atom is 1.00 e. The van der Waals surface area contributed by atoms with Crippen LogP contribution < -0.4 is 39.6 Å². The molecule has 1 aliphatic rings. The molecule has 1 aromatic carbocycles. The Labute approximate surface area is 212 Å². The van der Waals surface area contributed by atoms with Crippen LogP contribution in [0.25, 0.3) is 0 Å². The van der Waals surface area contributed by atoms with Gasteiger partial charge in [0, 0.05) is 10.9 Å². The van der Waals surface area contributed by atoms with E-state index in [1.54, 1.807) is 45.0 Å². The number of alkyl carbamates (subject to hydrolysis) is 1. The van der Waals surface area contributed by atoms with Crippen LogP contribution in [0.15, 0.2) is 24.3 Å². The van der Waals surface area contributed by atoms with Crippen LogP contribution in [-0.4, -0.2) is 30.4 Å². The largest absolute Gasteiger partial charge is 1.00 e. The SMILES string of the molecule is CCC(NC(=O)OC(OC(=O)C1CCCCC1)C(C)C)C(=O)Oc1ccc(Cl)cc1.[H-].[Na+]. The smallest absolute Gasteiger partial charge is 1.00 e. The summed E-state index contributed by atoms with van der Waals surface area (Å²) < 4.78 is 16.0. The summed E-state index contributed by atoms with van der Waals surface area (Å²) in [7, 11) is 0. The fourth-order valence-electron chi connectivity index (χ4n) is 3.14. The van der Waals surface area contributed by atoms with Crippen molar-refractivity contribution in [3.63, 3.8) is 0 Å². The molecule has 0 spiro atoms. The minimum atomic E-state index is -1.02. The number of hydrogen-bond donors (Lipinski definition) is 1. The van der Waals surface area contributed by atoms with Gasteiger partial charge in [-0.1, -0.05) is 51.6 Å². The Bertz CT molecular complexity index is 728. The number of hydrogen-bond acceptors (Lipinski definition) is 6. The van der Waals surface area contributed by atoms with Crippen molar-refractivity contribution in [2.24, 2.45) is 11.8 Å². The van der Waals surface area contributed by atoms with E-state index >= 15 is 0 Å². The molecule has 2 atom stereocenters. The molecule has 0 saturated heterocycles. The number of amides is 1. The Kier molecular flexibility index (Phi) is 12.5. The molecule has 1 saturated carbocycles. The number of carbonyl (C=O) groups is 3. The third-order valence-electron chi connectivity index (χ3n) is 4.96. The molecule has 9 heteroatoms. The molecule has 0 radical (unpaired) electrons. The van der Waals surface area contributed by atoms with Gasteiger partial charge in [-0.3, -0.25) is 4.79 Å². The van der Waals surface area contributed by atoms with Crippen molar-refractivity contribution in [1.82, 2.24) is 5.32 Å². The van der Waals surface area contributed by atoms with E-state index in [-0.39, 0.29) is 48.8 Å². The Morgan fingerprint density at radius 3 is 2.26 bits per heavy atom. The van der Waals surface area contributed by atoms with Crippen LogP contribution in [0.2, 0.25) is 5.02 Å². The van der Waals surface area contributed by atoms with Crippen molar-refractivity contribution >= 4 is 29.6 Å². The molecule has 0 bridgehead atoms. The van der Waals surface area contributed by atoms with Crippen LogP contribution in [0.1, 0.15) is 60.7 Å². The number of rotatable bonds is 8. The molecular formula is C22H31ClNNaO6. The van der Waals surface area contributed by atoms with Gasteiger partial charge in [-0.05, 0) is 43.5 Å². The molecule has 0 heterocycles. The summed E-state index contributed by atoms with van der Waals surface area (Å²) in [6, 6.07) is 5.41. The molecule has 0 aliphatic heterocycles. The first-order valence-electron chi connectivity index (χ1n) is 10.4. The minimum absolute atomic E-state index is 0. The van der Waals surface area contributed by atoms with E-state index in [0.29, 0.717) is 17.2 Å². The van der Waals surface area contributed by atoms with Gasteiger partial charge < -0.3 is 21.0 Å². The van der Waals surface area contributed by atoms with E-state index in [1.807, 2.05) is 0 Å². The number of benzene rings is 1. The topological polar surface area (TPSA) is 90.9 Å². The molecular weight excluding hydrogens is 433 g/mol. The summed E-state index contributed by atoms with van der Waals surface area (Å²) in [5.74, 6) is -1.03. The zero-order valence-corrected chi connectivity index (χ0v) is 21.4. The summed E-state index contributed by atoms with van der Waals surface area (Å²) in [5, 5.41) is 3.00. The minimum Gasteiger partial charge on any atom is -1.00 e. The maximum absolute atomic E-state index is 12.4. The Balaban J connectivity index is 0.00000480. The monoisotopic (exact) mass is 463 g/mol. The molecule has 1 aromatic rings. The van der Waals surface area contributed by atoms with E-state index in [4.69, 9.17) is 25.8 Å². The van der Waals surface area contributed by atoms with Crippen molar-refractivity contribution in [2.75, 3.05) is 0 Å². The van der Waals surface area contributed by atoms with Crippen molar-refractivity contribution < 1.29 is 59.6 Å². The molecule has 1 amide bonds. The van der Waals surface area contributed by atoms with Gasteiger partial charge in [0.25, 0.3) is 6.29 Å². The zero-order valence-electron chi connectivity index (χ0n) is 19.7. The van der Waals surface area contributed by atoms with E-state index < -0.39 is 24.4 Å². The first-order valence-corrected chi connectivity index (χ1v) is 10.8. The summed E-state index contributed by atoms with van der Waals surface area (Å²) in [5.41, 5.74) is 0. The molecule has 0 aromatic heterocycles. The molecule has 1 aliphatic carbocycles. The van der Waals surface area contributed by atoms with Gasteiger partial charge in [-0.25, -0.2) is 9.59 Å². The third kappa shape index (κ3) is 9.39. The van der Waals surface area contributed by atoms with Crippen LogP contribution in [0.5, 0.6) is 5.75 Å². The first-order chi connectivity index (χ1) is 14.3. The van der Waals surface area contributed by atoms with Crippen LogP contribution in [0, 0.1) is 11.8 Å². The number of halogens is 1. The van der Waals surface area contributed by atoms with Crippen molar-refractivity contribution in [1.29, 1.82) is 0 Å². The van der Waals surface area contributed by atoms with Crippen molar-refractivity contribution in [3.8, 4) is 5.75 Å². The van der Waals surface area contributed by atoms with Gasteiger partial charge in [-0.2, -0.15) is 0 Å². The summed E-state index contributed by atoms with van der Waals surface area (Å²) >= 11 is 5.82. The van der Waals surface area contributed by atoms with Crippen molar-refractivity contribution in [2.45, 2.75) is 71.6 Å². The average Bonchev–Trinajstić information content (AvgIpc) is 2.73. The second-order valence-electron chi connectivity index (χ2n) is 7.77. The second kappa shape index (κ2) is 14.0. The molecule has 1 fully saturated rings. The number of esters is 2. The normalized spacial score (nSPS) is 15.9. The standard InChI is InChI=1S/C22H30ClNO6.Na.H/c1-4-18(20(26)28-17-12-10-16(23)11-13-17)24-22(27)30-21(14(2)3)29-19(25)15-8-6-5-7-9-15;;/h10-15,18,21H,4-9H2,1-3H3,(H,24,27);;/q;+1;-1. The molecule has 1 N–H and O–H groups in total. The second-order valence-corrected chi connectivity index (χ2v) is 8.21. The van der Waals surface area contributed by atoms with E-state index in [2.05, 4.69) is 5.32 Å². The zero-order chi connectivity index (χ0) is 22.1. The molecule has 31 heavy (non-hydrogen) atoms. The number of nitrogens with one attached hydrogen (secondary N) is 1. The van der Waals surface area contributed by atoms with Gasteiger partial charge in [0.05, 0.1) is 5.92 Å². The first kappa shape index (κ1) is 27.8. The Hall–Kier alpha value is -1.28. The Morgan fingerprint density at radius 1 is 1.10 bits per heavy atom. The van der Waals surface area contributed by atoms with Crippen molar-refractivity contribution in [3.05, 3.63) is 29.3 Å². The van der Waals surface area contributed by atoms with E-state index in [0.717, 1.165) is 32.1 Å². The summed E-state index contributed by atoms with van der Waals surface area (Å²) in [4.78, 5) is 37.1. The molecule has 2 rings (SSSR count). The van der Waals surface area contributed by atoms with Crippen LogP contribution in [-0.2, 0) is 19.1 Å². The van der Waals surface area contributed by atoms with Crippen LogP contribution in [0.4, 0.5) is 4.79 Å². The predicted octanol–water partition coefficient (Wildman–Crippen LogP) is 1.97. The fraction of sp³-hybridized carbons (Fsp3) is 0.591. The van der Waals surface area contributed by atoms with Gasteiger partial charge >= 0.3 is 47.6 Å². The average molecular weight is 464 g/mol. The van der Waals surface area contributed by atoms with Crippen LogP contribution in [0.3, 0.4) is 0 Å². The predicted molar refractivity (Wildman–Crippen MR) is 113 cm³/mol. The van der Waals surface area contributed by atoms with Gasteiger partial charge in [0.15, 0.2) is 0 Å². The quantitative estimate of drug-likeness (QED) is 0.274. The van der Waals surface area contributed by atoms with E-state index in [1.165, 1.54) is 0 Å². The molecule has 168 valence electrons. The molecule has 7 nitrogen and oxygen atoms in total. The summed E-state index contributed by atoms with van der Waals surface area (Å²) in [6.45, 7) is 5.31. The van der Waals surface area contributed by atoms with Gasteiger partial charge in [0.2, 0.25) is 0 Å². The van der Waals surface area contributed by atoms with Gasteiger partial charge in [-0.15, -0.1) is 0 Å². The van der Waals surface area contributed by atoms with Crippen LogP contribution >= 0.6 is 11.6 Å². The fourth-order valence-corrected chi connectivity index (χ4v) is 3.27. The van der Waals surface area contributed by atoms with Gasteiger partial charge in [0.1, 0.15) is 11.8 Å². The maximum atomic E-state index is 12.4. The van der Waals surface area contributed by atoms with E-state index in [9.17, 15) is 14.4 Å². The third-order valence-corrected chi connectivity index (χ3v) is 5.21. The number of ether oxygens (including phenoxy) is 3. The Morgan fingerprint density at radius 2 is 1.71 bits per heavy atom. The number of carbonyl (C=O) groups excluding carboxylic acids is 3. The molecule has 2 unspecified atom stereocenters. The summed E-state index contributed by atoms with van der Waals surface area (Å²) in [6.07, 6.45) is 3.16.